The van der Waals surface area contributed by atoms with Crippen molar-refractivity contribution in [1.82, 2.24) is 24.5 Å². The molecule has 0 saturated carbocycles. The summed E-state index contributed by atoms with van der Waals surface area (Å²) in [6.07, 6.45) is 3.62. The molecule has 0 atom stereocenters. The average molecular weight is 261 g/mol. The highest BCUT2D eigenvalue weighted by molar-refractivity contribution is 5.96. The minimum atomic E-state index is -0.771. The van der Waals surface area contributed by atoms with Crippen molar-refractivity contribution in [2.75, 3.05) is 13.1 Å². The van der Waals surface area contributed by atoms with E-state index >= 15 is 0 Å². The predicted molar refractivity (Wildman–Crippen MR) is 66.7 cm³/mol. The molecule has 1 fully saturated rings. The summed E-state index contributed by atoms with van der Waals surface area (Å²) >= 11 is 0. The fourth-order valence-corrected chi connectivity index (χ4v) is 2.43. The van der Waals surface area contributed by atoms with Gasteiger partial charge in [0.25, 0.3) is 11.7 Å². The maximum atomic E-state index is 12.4. The third kappa shape index (κ3) is 1.86. The van der Waals surface area contributed by atoms with Crippen molar-refractivity contribution >= 4 is 11.7 Å². The third-order valence-electron chi connectivity index (χ3n) is 3.32. The molecule has 3 heterocycles. The number of β-amino-alcohol motifs (C(OH)–C–C–N with tert-alkyl or cyclic N) is 1. The van der Waals surface area contributed by atoms with Crippen molar-refractivity contribution in [2.24, 2.45) is 0 Å². The number of fused-ring (bicyclic) bond motifs is 1. The van der Waals surface area contributed by atoms with Crippen molar-refractivity contribution in [3.05, 3.63) is 23.8 Å². The normalized spacial score (nSPS) is 17.5. The quantitative estimate of drug-likeness (QED) is 0.815. The van der Waals surface area contributed by atoms with Crippen LogP contribution in [0.4, 0.5) is 0 Å². The largest absolute Gasteiger partial charge is 0.386 e. The predicted octanol–water partition coefficient (Wildman–Crippen LogP) is -0.107. The standard InChI is InChI=1S/C12H15N5O2/c1-3-9-8(4-13-11-14-7-15-17(9)11)10(18)16-5-12(2,19)6-16/h4,7,19H,3,5-6H2,1-2H3. The van der Waals surface area contributed by atoms with E-state index in [4.69, 9.17) is 0 Å². The highest BCUT2D eigenvalue weighted by Crippen LogP contribution is 2.23. The van der Waals surface area contributed by atoms with Crippen LogP contribution < -0.4 is 0 Å². The Morgan fingerprint density at radius 3 is 2.84 bits per heavy atom. The molecule has 1 saturated heterocycles. The second kappa shape index (κ2) is 3.99. The van der Waals surface area contributed by atoms with Gasteiger partial charge >= 0.3 is 0 Å². The van der Waals surface area contributed by atoms with Crippen LogP contribution in [0.25, 0.3) is 5.78 Å². The number of aromatic nitrogens is 4. The molecule has 1 aliphatic rings. The Kier molecular flexibility index (Phi) is 2.53. The molecule has 0 aliphatic carbocycles. The molecule has 1 aliphatic heterocycles. The van der Waals surface area contributed by atoms with Crippen LogP contribution in [-0.4, -0.2) is 54.2 Å². The number of rotatable bonds is 2. The topological polar surface area (TPSA) is 83.6 Å². The molecule has 7 nitrogen and oxygen atoms in total. The maximum Gasteiger partial charge on any atom is 0.257 e. The molecule has 0 bridgehead atoms. The molecule has 100 valence electrons. The number of hydrogen-bond donors (Lipinski definition) is 1. The molecule has 0 spiro atoms. The number of aliphatic hydroxyl groups is 1. The van der Waals surface area contributed by atoms with Crippen molar-refractivity contribution in [1.29, 1.82) is 0 Å². The van der Waals surface area contributed by atoms with Crippen LogP contribution in [0, 0.1) is 0 Å². The molecule has 0 unspecified atom stereocenters. The number of carbonyl (C=O) groups excluding carboxylic acids is 1. The first kappa shape index (κ1) is 12.0. The molecule has 1 amide bonds. The Hall–Kier alpha value is -2.02. The Morgan fingerprint density at radius 1 is 1.47 bits per heavy atom. The van der Waals surface area contributed by atoms with Gasteiger partial charge in [-0.1, -0.05) is 6.92 Å². The summed E-state index contributed by atoms with van der Waals surface area (Å²) < 4.78 is 1.59. The lowest BCUT2D eigenvalue weighted by Crippen LogP contribution is -2.61. The van der Waals surface area contributed by atoms with Crippen LogP contribution in [0.5, 0.6) is 0 Å². The molecular weight excluding hydrogens is 246 g/mol. The van der Waals surface area contributed by atoms with E-state index in [0.717, 1.165) is 5.69 Å². The smallest absolute Gasteiger partial charge is 0.257 e. The number of hydrogen-bond acceptors (Lipinski definition) is 5. The molecular formula is C12H15N5O2. The molecule has 19 heavy (non-hydrogen) atoms. The number of aryl methyl sites for hydroxylation is 1. The van der Waals surface area contributed by atoms with E-state index in [2.05, 4.69) is 15.1 Å². The van der Waals surface area contributed by atoms with Crippen molar-refractivity contribution in [3.63, 3.8) is 0 Å². The summed E-state index contributed by atoms with van der Waals surface area (Å²) in [5.74, 6) is 0.372. The minimum absolute atomic E-state index is 0.117. The van der Waals surface area contributed by atoms with Crippen LogP contribution >= 0.6 is 0 Å². The molecule has 7 heteroatoms. The van der Waals surface area contributed by atoms with Crippen LogP contribution in [0.1, 0.15) is 29.9 Å². The molecule has 0 radical (unpaired) electrons. The van der Waals surface area contributed by atoms with E-state index in [1.807, 2.05) is 6.92 Å². The van der Waals surface area contributed by atoms with Crippen LogP contribution in [-0.2, 0) is 6.42 Å². The van der Waals surface area contributed by atoms with Gasteiger partial charge in [0.1, 0.15) is 6.33 Å². The van der Waals surface area contributed by atoms with E-state index in [9.17, 15) is 9.90 Å². The van der Waals surface area contributed by atoms with Crippen LogP contribution in [0.2, 0.25) is 0 Å². The first-order valence-corrected chi connectivity index (χ1v) is 6.21. The minimum Gasteiger partial charge on any atom is -0.386 e. The number of likely N-dealkylation sites (tertiary alicyclic amines) is 1. The number of nitrogens with zero attached hydrogens (tertiary/aromatic N) is 5. The third-order valence-corrected chi connectivity index (χ3v) is 3.32. The monoisotopic (exact) mass is 261 g/mol. The van der Waals surface area contributed by atoms with E-state index < -0.39 is 5.60 Å². The van der Waals surface area contributed by atoms with Gasteiger partial charge in [-0.05, 0) is 13.3 Å². The Balaban J connectivity index is 1.98. The lowest BCUT2D eigenvalue weighted by atomic mass is 9.95. The summed E-state index contributed by atoms with van der Waals surface area (Å²) in [4.78, 5) is 22.1. The van der Waals surface area contributed by atoms with E-state index in [0.29, 0.717) is 30.9 Å². The highest BCUT2D eigenvalue weighted by Gasteiger charge is 2.40. The van der Waals surface area contributed by atoms with Gasteiger partial charge in [-0.25, -0.2) is 9.50 Å². The lowest BCUT2D eigenvalue weighted by molar-refractivity contribution is -0.0669. The van der Waals surface area contributed by atoms with Crippen molar-refractivity contribution in [2.45, 2.75) is 25.9 Å². The van der Waals surface area contributed by atoms with E-state index in [-0.39, 0.29) is 5.91 Å². The number of amides is 1. The summed E-state index contributed by atoms with van der Waals surface area (Å²) in [5, 5.41) is 13.8. The second-order valence-electron chi connectivity index (χ2n) is 5.10. The Bertz CT molecular complexity index is 641. The zero-order valence-corrected chi connectivity index (χ0v) is 10.9. The second-order valence-corrected chi connectivity index (χ2v) is 5.10. The first-order valence-electron chi connectivity index (χ1n) is 6.21. The van der Waals surface area contributed by atoms with Gasteiger partial charge in [0.2, 0.25) is 0 Å². The Labute approximate surface area is 109 Å². The SMILES string of the molecule is CCc1c(C(=O)N2CC(C)(O)C2)cnc2ncnn12. The van der Waals surface area contributed by atoms with Crippen molar-refractivity contribution in [3.8, 4) is 0 Å². The van der Waals surface area contributed by atoms with Gasteiger partial charge in [0, 0.05) is 6.20 Å². The zero-order valence-electron chi connectivity index (χ0n) is 10.9. The molecule has 3 rings (SSSR count). The Morgan fingerprint density at radius 2 is 2.21 bits per heavy atom. The molecule has 2 aromatic heterocycles. The van der Waals surface area contributed by atoms with Crippen LogP contribution in [0.3, 0.4) is 0 Å². The molecule has 2 aromatic rings. The van der Waals surface area contributed by atoms with Gasteiger partial charge in [-0.2, -0.15) is 10.1 Å². The zero-order chi connectivity index (χ0) is 13.6. The number of carbonyl (C=O) groups is 1. The molecule has 0 aromatic carbocycles. The summed E-state index contributed by atoms with van der Waals surface area (Å²) in [6, 6.07) is 0. The van der Waals surface area contributed by atoms with Gasteiger partial charge in [-0.15, -0.1) is 0 Å². The van der Waals surface area contributed by atoms with Crippen LogP contribution in [0.15, 0.2) is 12.5 Å². The summed E-state index contributed by atoms with van der Waals surface area (Å²) in [7, 11) is 0. The summed E-state index contributed by atoms with van der Waals surface area (Å²) in [6.45, 7) is 4.38. The van der Waals surface area contributed by atoms with Crippen molar-refractivity contribution < 1.29 is 9.90 Å². The van der Waals surface area contributed by atoms with Gasteiger partial charge in [0.05, 0.1) is 29.9 Å². The van der Waals surface area contributed by atoms with Gasteiger partial charge in [-0.3, -0.25) is 4.79 Å². The molecule has 1 N–H and O–H groups in total. The fraction of sp³-hybridized carbons (Fsp3) is 0.500. The van der Waals surface area contributed by atoms with E-state index in [1.54, 1.807) is 16.3 Å². The highest BCUT2D eigenvalue weighted by atomic mass is 16.3. The first-order chi connectivity index (χ1) is 9.02. The fourth-order valence-electron chi connectivity index (χ4n) is 2.43. The van der Waals surface area contributed by atoms with Gasteiger partial charge in [0.15, 0.2) is 0 Å². The maximum absolute atomic E-state index is 12.4. The lowest BCUT2D eigenvalue weighted by Gasteiger charge is -2.44. The summed E-state index contributed by atoms with van der Waals surface area (Å²) in [5.41, 5.74) is 0.544. The van der Waals surface area contributed by atoms with Gasteiger partial charge < -0.3 is 10.0 Å². The van der Waals surface area contributed by atoms with E-state index in [1.165, 1.54) is 12.5 Å². The average Bonchev–Trinajstić information content (AvgIpc) is 2.81.